The van der Waals surface area contributed by atoms with Crippen LogP contribution < -0.4 is 0 Å². The maximum Gasteiger partial charge on any atom is 0.335 e. The van der Waals surface area contributed by atoms with E-state index in [2.05, 4.69) is 15.9 Å². The van der Waals surface area contributed by atoms with Crippen molar-refractivity contribution in [1.82, 2.24) is 4.31 Å². The van der Waals surface area contributed by atoms with Crippen molar-refractivity contribution < 1.29 is 23.4 Å². The first kappa shape index (κ1) is 17.1. The first-order chi connectivity index (χ1) is 9.25. The number of aryl methyl sites for hydroxylation is 1. The highest BCUT2D eigenvalue weighted by molar-refractivity contribution is 9.10. The summed E-state index contributed by atoms with van der Waals surface area (Å²) in [6.45, 7) is 3.11. The smallest absolute Gasteiger partial charge is 0.335 e. The Labute approximate surface area is 126 Å². The van der Waals surface area contributed by atoms with Gasteiger partial charge in [0.25, 0.3) is 0 Å². The van der Waals surface area contributed by atoms with Gasteiger partial charge in [-0.05, 0) is 40.5 Å². The van der Waals surface area contributed by atoms with E-state index in [4.69, 9.17) is 10.2 Å². The summed E-state index contributed by atoms with van der Waals surface area (Å²) in [4.78, 5) is 10.9. The largest absolute Gasteiger partial charge is 0.478 e. The van der Waals surface area contributed by atoms with Crippen LogP contribution in [0, 0.1) is 6.92 Å². The van der Waals surface area contributed by atoms with E-state index in [9.17, 15) is 13.2 Å². The van der Waals surface area contributed by atoms with Gasteiger partial charge in [0.2, 0.25) is 10.0 Å². The van der Waals surface area contributed by atoms with E-state index in [0.29, 0.717) is 10.0 Å². The summed E-state index contributed by atoms with van der Waals surface area (Å²) in [7, 11) is -3.86. The Morgan fingerprint density at radius 1 is 1.40 bits per heavy atom. The Hall–Kier alpha value is -0.960. The zero-order valence-electron chi connectivity index (χ0n) is 11.1. The number of aliphatic hydroxyl groups is 1. The Kier molecular flexibility index (Phi) is 5.69. The summed E-state index contributed by atoms with van der Waals surface area (Å²) in [5.74, 6) is -1.19. The molecule has 0 aromatic heterocycles. The van der Waals surface area contributed by atoms with Crippen LogP contribution in [-0.2, 0) is 10.0 Å². The van der Waals surface area contributed by atoms with E-state index in [-0.39, 0.29) is 30.2 Å². The number of aliphatic hydroxyl groups excluding tert-OH is 1. The molecule has 8 heteroatoms. The lowest BCUT2D eigenvalue weighted by Crippen LogP contribution is -2.33. The van der Waals surface area contributed by atoms with Crippen LogP contribution in [0.15, 0.2) is 21.5 Å². The normalized spacial score (nSPS) is 11.8. The molecule has 0 atom stereocenters. The number of hydrogen-bond acceptors (Lipinski definition) is 4. The second-order valence-corrected chi connectivity index (χ2v) is 6.83. The molecule has 1 aromatic rings. The summed E-state index contributed by atoms with van der Waals surface area (Å²) in [6.07, 6.45) is 0. The van der Waals surface area contributed by atoms with Gasteiger partial charge in [0.15, 0.2) is 0 Å². The summed E-state index contributed by atoms with van der Waals surface area (Å²) in [6, 6.07) is 2.52. The number of rotatable bonds is 6. The number of carbonyl (C=O) groups is 1. The van der Waals surface area contributed by atoms with Crippen LogP contribution in [0.1, 0.15) is 22.8 Å². The molecule has 0 saturated heterocycles. The van der Waals surface area contributed by atoms with E-state index < -0.39 is 16.0 Å². The molecular formula is C12H16BrNO5S. The molecule has 112 valence electrons. The third-order valence-electron chi connectivity index (χ3n) is 2.79. The van der Waals surface area contributed by atoms with E-state index in [1.807, 2.05) is 0 Å². The van der Waals surface area contributed by atoms with Gasteiger partial charge in [0.05, 0.1) is 17.1 Å². The average molecular weight is 366 g/mol. The molecule has 0 aliphatic carbocycles. The number of benzene rings is 1. The monoisotopic (exact) mass is 365 g/mol. The van der Waals surface area contributed by atoms with Crippen LogP contribution in [0.3, 0.4) is 0 Å². The first-order valence-electron chi connectivity index (χ1n) is 5.90. The van der Waals surface area contributed by atoms with Crippen molar-refractivity contribution in [1.29, 1.82) is 0 Å². The molecule has 0 heterocycles. The fourth-order valence-electron chi connectivity index (χ4n) is 1.75. The summed E-state index contributed by atoms with van der Waals surface area (Å²) in [5.41, 5.74) is 0.424. The van der Waals surface area contributed by atoms with Gasteiger partial charge in [-0.3, -0.25) is 0 Å². The SMILES string of the molecule is CCN(CCO)S(=O)(=O)c1cc(C(=O)O)cc(C)c1Br. The van der Waals surface area contributed by atoms with Crippen molar-refractivity contribution in [3.63, 3.8) is 0 Å². The lowest BCUT2D eigenvalue weighted by Gasteiger charge is -2.21. The topological polar surface area (TPSA) is 94.9 Å². The molecule has 2 N–H and O–H groups in total. The van der Waals surface area contributed by atoms with Crippen molar-refractivity contribution in [2.45, 2.75) is 18.7 Å². The first-order valence-corrected chi connectivity index (χ1v) is 8.13. The van der Waals surface area contributed by atoms with E-state index in [0.717, 1.165) is 10.4 Å². The predicted molar refractivity (Wildman–Crippen MR) is 77.4 cm³/mol. The Balaban J connectivity index is 3.48. The van der Waals surface area contributed by atoms with Crippen molar-refractivity contribution in [2.24, 2.45) is 0 Å². The van der Waals surface area contributed by atoms with Crippen molar-refractivity contribution in [3.05, 3.63) is 27.7 Å². The number of likely N-dealkylation sites (N-methyl/N-ethyl adjacent to an activating group) is 1. The van der Waals surface area contributed by atoms with Gasteiger partial charge in [-0.15, -0.1) is 0 Å². The molecule has 0 saturated carbocycles. The number of sulfonamides is 1. The van der Waals surface area contributed by atoms with Crippen LogP contribution in [0.2, 0.25) is 0 Å². The number of hydrogen-bond donors (Lipinski definition) is 2. The van der Waals surface area contributed by atoms with Crippen LogP contribution in [0.4, 0.5) is 0 Å². The third-order valence-corrected chi connectivity index (χ3v) is 6.10. The van der Waals surface area contributed by atoms with Gasteiger partial charge >= 0.3 is 5.97 Å². The summed E-state index contributed by atoms with van der Waals surface area (Å²) >= 11 is 3.19. The molecule has 0 spiro atoms. The lowest BCUT2D eigenvalue weighted by molar-refractivity contribution is 0.0696. The lowest BCUT2D eigenvalue weighted by atomic mass is 10.1. The molecule has 1 rings (SSSR count). The molecule has 0 amide bonds. The molecule has 0 aliphatic heterocycles. The Bertz CT molecular complexity index is 615. The minimum atomic E-state index is -3.86. The van der Waals surface area contributed by atoms with Gasteiger partial charge in [-0.25, -0.2) is 13.2 Å². The average Bonchev–Trinajstić information content (AvgIpc) is 2.38. The second-order valence-electron chi connectivity index (χ2n) is 4.13. The molecule has 0 fully saturated rings. The van der Waals surface area contributed by atoms with E-state index >= 15 is 0 Å². The maximum absolute atomic E-state index is 12.5. The fraction of sp³-hybridized carbons (Fsp3) is 0.417. The molecule has 0 unspecified atom stereocenters. The van der Waals surface area contributed by atoms with Gasteiger partial charge in [-0.1, -0.05) is 6.92 Å². The van der Waals surface area contributed by atoms with Crippen LogP contribution in [0.25, 0.3) is 0 Å². The number of aromatic carboxylic acids is 1. The Morgan fingerprint density at radius 2 is 2.00 bits per heavy atom. The third kappa shape index (κ3) is 3.38. The van der Waals surface area contributed by atoms with E-state index in [1.165, 1.54) is 6.07 Å². The molecule has 20 heavy (non-hydrogen) atoms. The van der Waals surface area contributed by atoms with Gasteiger partial charge in [-0.2, -0.15) is 4.31 Å². The highest BCUT2D eigenvalue weighted by Gasteiger charge is 2.27. The van der Waals surface area contributed by atoms with Crippen LogP contribution >= 0.6 is 15.9 Å². The van der Waals surface area contributed by atoms with Crippen molar-refractivity contribution in [3.8, 4) is 0 Å². The molecule has 0 aliphatic rings. The number of carboxylic acid groups (broad SMARTS) is 1. The zero-order chi connectivity index (χ0) is 15.5. The fourth-order valence-corrected chi connectivity index (χ4v) is 4.19. The summed E-state index contributed by atoms with van der Waals surface area (Å²) < 4.78 is 26.4. The molecule has 0 radical (unpaired) electrons. The Morgan fingerprint density at radius 3 is 2.45 bits per heavy atom. The van der Waals surface area contributed by atoms with Gasteiger partial charge in [0, 0.05) is 17.6 Å². The molecular weight excluding hydrogens is 350 g/mol. The molecule has 0 bridgehead atoms. The van der Waals surface area contributed by atoms with Gasteiger partial charge in [0.1, 0.15) is 0 Å². The zero-order valence-corrected chi connectivity index (χ0v) is 13.5. The summed E-state index contributed by atoms with van der Waals surface area (Å²) in [5, 5.41) is 18.0. The minimum Gasteiger partial charge on any atom is -0.478 e. The van der Waals surface area contributed by atoms with Crippen molar-refractivity contribution >= 4 is 31.9 Å². The van der Waals surface area contributed by atoms with Crippen molar-refractivity contribution in [2.75, 3.05) is 19.7 Å². The van der Waals surface area contributed by atoms with Gasteiger partial charge < -0.3 is 10.2 Å². The number of halogens is 1. The molecule has 1 aromatic carbocycles. The second kappa shape index (κ2) is 6.66. The predicted octanol–water partition coefficient (Wildman–Crippen LogP) is 1.46. The quantitative estimate of drug-likeness (QED) is 0.795. The van der Waals surface area contributed by atoms with Crippen LogP contribution in [-0.4, -0.2) is 48.6 Å². The number of carboxylic acids is 1. The van der Waals surface area contributed by atoms with Crippen LogP contribution in [0.5, 0.6) is 0 Å². The molecule has 6 nitrogen and oxygen atoms in total. The minimum absolute atomic E-state index is 0.0401. The number of nitrogens with zero attached hydrogens (tertiary/aromatic N) is 1. The highest BCUT2D eigenvalue weighted by Crippen LogP contribution is 2.29. The van der Waals surface area contributed by atoms with E-state index in [1.54, 1.807) is 13.8 Å². The maximum atomic E-state index is 12.5. The highest BCUT2D eigenvalue weighted by atomic mass is 79.9. The standard InChI is InChI=1S/C12H16BrNO5S/c1-3-14(4-5-15)20(18,19)10-7-9(12(16)17)6-8(2)11(10)13/h6-7,15H,3-5H2,1-2H3,(H,16,17).